The number of amides is 1. The fourth-order valence-corrected chi connectivity index (χ4v) is 4.88. The van der Waals surface area contributed by atoms with Crippen LogP contribution in [0.1, 0.15) is 15.2 Å². The second-order valence-corrected chi connectivity index (χ2v) is 10.1. The maximum Gasteiger partial charge on any atom is 0.283 e. The van der Waals surface area contributed by atoms with Gasteiger partial charge in [-0.2, -0.15) is 4.99 Å². The number of carbonyl (C=O) groups excluding carboxylic acids is 1. The molecule has 0 aliphatic carbocycles. The van der Waals surface area contributed by atoms with Crippen molar-refractivity contribution in [1.29, 1.82) is 0 Å². The molecule has 2 aromatic rings. The van der Waals surface area contributed by atoms with Crippen molar-refractivity contribution in [3.05, 3.63) is 44.7 Å². The first-order valence-electron chi connectivity index (χ1n) is 8.22. The van der Waals surface area contributed by atoms with E-state index in [1.807, 2.05) is 17.7 Å². The zero-order valence-electron chi connectivity index (χ0n) is 15.2. The van der Waals surface area contributed by atoms with E-state index in [0.717, 1.165) is 4.88 Å². The Balaban J connectivity index is 1.84. The van der Waals surface area contributed by atoms with Gasteiger partial charge in [-0.25, -0.2) is 12.7 Å². The highest BCUT2D eigenvalue weighted by molar-refractivity contribution is 7.88. The third-order valence-corrected chi connectivity index (χ3v) is 6.68. The number of hydrogen-bond acceptors (Lipinski definition) is 5. The van der Waals surface area contributed by atoms with Crippen molar-refractivity contribution in [3.8, 4) is 5.75 Å². The molecule has 2 heterocycles. The minimum Gasteiger partial charge on any atom is -0.496 e. The van der Waals surface area contributed by atoms with Gasteiger partial charge in [-0.1, -0.05) is 11.6 Å². The lowest BCUT2D eigenvalue weighted by atomic mass is 10.0. The molecule has 1 aliphatic heterocycles. The Morgan fingerprint density at radius 1 is 1.41 bits per heavy atom. The smallest absolute Gasteiger partial charge is 0.283 e. The summed E-state index contributed by atoms with van der Waals surface area (Å²) in [5.41, 5.74) is 0.300. The number of sulfonamides is 1. The van der Waals surface area contributed by atoms with Gasteiger partial charge in [-0.15, -0.1) is 11.3 Å². The molecular formula is C17H20ClN3O4S2. The van der Waals surface area contributed by atoms with E-state index in [1.54, 1.807) is 12.1 Å². The van der Waals surface area contributed by atoms with Gasteiger partial charge in [0.15, 0.2) is 4.80 Å². The van der Waals surface area contributed by atoms with Crippen LogP contribution < -0.4 is 9.54 Å². The molecule has 3 rings (SSSR count). The zero-order valence-corrected chi connectivity index (χ0v) is 17.6. The molecule has 0 unspecified atom stereocenters. The van der Waals surface area contributed by atoms with E-state index in [2.05, 4.69) is 4.99 Å². The quantitative estimate of drug-likeness (QED) is 0.729. The minimum atomic E-state index is -3.14. The number of hydrogen-bond donors (Lipinski definition) is 0. The first-order valence-corrected chi connectivity index (χ1v) is 11.3. The van der Waals surface area contributed by atoms with E-state index >= 15 is 0 Å². The van der Waals surface area contributed by atoms with Crippen LogP contribution in [0.2, 0.25) is 5.02 Å². The number of aromatic nitrogens is 1. The summed E-state index contributed by atoms with van der Waals surface area (Å²) in [6, 6.07) is 4.82. The predicted molar refractivity (Wildman–Crippen MR) is 105 cm³/mol. The number of carbonyl (C=O) groups is 1. The van der Waals surface area contributed by atoms with Crippen molar-refractivity contribution in [2.24, 2.45) is 10.9 Å². The van der Waals surface area contributed by atoms with Gasteiger partial charge in [0.05, 0.1) is 18.9 Å². The lowest BCUT2D eigenvalue weighted by molar-refractivity contribution is 0.0994. The molecule has 1 aromatic heterocycles. The van der Waals surface area contributed by atoms with Crippen LogP contribution in [0.4, 0.5) is 0 Å². The van der Waals surface area contributed by atoms with E-state index in [-0.39, 0.29) is 5.92 Å². The first kappa shape index (κ1) is 20.1. The third-order valence-electron chi connectivity index (χ3n) is 4.27. The van der Waals surface area contributed by atoms with Crippen LogP contribution in [0.15, 0.2) is 29.4 Å². The molecule has 1 saturated heterocycles. The second kappa shape index (κ2) is 7.75. The highest BCUT2D eigenvalue weighted by Crippen LogP contribution is 2.24. The van der Waals surface area contributed by atoms with E-state index in [4.69, 9.17) is 16.3 Å². The lowest BCUT2D eigenvalue weighted by Crippen LogP contribution is -2.51. The minimum absolute atomic E-state index is 0.198. The molecule has 0 N–H and O–H groups in total. The highest BCUT2D eigenvalue weighted by Gasteiger charge is 2.33. The molecule has 1 amide bonds. The summed E-state index contributed by atoms with van der Waals surface area (Å²) >= 11 is 7.40. The molecule has 1 fully saturated rings. The van der Waals surface area contributed by atoms with Gasteiger partial charge in [-0.3, -0.25) is 4.79 Å². The van der Waals surface area contributed by atoms with Crippen LogP contribution in [0.3, 0.4) is 0 Å². The molecule has 0 atom stereocenters. The van der Waals surface area contributed by atoms with Crippen LogP contribution in [0.5, 0.6) is 5.75 Å². The summed E-state index contributed by atoms with van der Waals surface area (Å²) < 4.78 is 31.6. The van der Waals surface area contributed by atoms with Gasteiger partial charge >= 0.3 is 0 Å². The normalized spacial score (nSPS) is 16.4. The van der Waals surface area contributed by atoms with Crippen LogP contribution in [-0.2, 0) is 16.6 Å². The van der Waals surface area contributed by atoms with E-state index in [0.29, 0.717) is 40.8 Å². The SMILES string of the molecule is COc1ccc(Cl)cc1C(=O)N=c1sc(C)cn1CC1CN(S(C)(=O)=O)C1. The molecule has 1 aromatic carbocycles. The fraction of sp³-hybridized carbons (Fsp3) is 0.412. The summed E-state index contributed by atoms with van der Waals surface area (Å²) in [5.74, 6) is 0.176. The monoisotopic (exact) mass is 429 g/mol. The molecular weight excluding hydrogens is 410 g/mol. The number of aryl methyl sites for hydroxylation is 1. The number of nitrogens with zero attached hydrogens (tertiary/aromatic N) is 3. The first-order chi connectivity index (χ1) is 12.7. The topological polar surface area (TPSA) is 81.0 Å². The number of benzene rings is 1. The molecule has 146 valence electrons. The van der Waals surface area contributed by atoms with Crippen molar-refractivity contribution in [2.45, 2.75) is 13.5 Å². The summed E-state index contributed by atoms with van der Waals surface area (Å²) in [6.07, 6.45) is 3.14. The van der Waals surface area contributed by atoms with Crippen molar-refractivity contribution in [1.82, 2.24) is 8.87 Å². The second-order valence-electron chi connectivity index (χ2n) is 6.48. The Hall–Kier alpha value is -1.68. The number of methoxy groups -OCH3 is 1. The molecule has 0 saturated carbocycles. The molecule has 7 nitrogen and oxygen atoms in total. The third kappa shape index (κ3) is 4.60. The van der Waals surface area contributed by atoms with Gasteiger partial charge in [-0.05, 0) is 25.1 Å². The van der Waals surface area contributed by atoms with Gasteiger partial charge in [0, 0.05) is 41.6 Å². The Morgan fingerprint density at radius 3 is 2.74 bits per heavy atom. The van der Waals surface area contributed by atoms with E-state index in [9.17, 15) is 13.2 Å². The maximum absolute atomic E-state index is 12.7. The average Bonchev–Trinajstić information content (AvgIpc) is 2.88. The molecule has 0 spiro atoms. The predicted octanol–water partition coefficient (Wildman–Crippen LogP) is 2.15. The maximum atomic E-state index is 12.7. The van der Waals surface area contributed by atoms with E-state index in [1.165, 1.54) is 35.1 Å². The highest BCUT2D eigenvalue weighted by atomic mass is 35.5. The van der Waals surface area contributed by atoms with Gasteiger partial charge < -0.3 is 9.30 Å². The molecule has 0 radical (unpaired) electrons. The number of ether oxygens (including phenoxy) is 1. The summed E-state index contributed by atoms with van der Waals surface area (Å²) in [6.45, 7) is 3.51. The molecule has 27 heavy (non-hydrogen) atoms. The van der Waals surface area contributed by atoms with Gasteiger partial charge in [0.2, 0.25) is 10.0 Å². The molecule has 0 bridgehead atoms. The summed E-state index contributed by atoms with van der Waals surface area (Å²) in [7, 11) is -1.65. The van der Waals surface area contributed by atoms with Crippen molar-refractivity contribution in [2.75, 3.05) is 26.5 Å². The van der Waals surface area contributed by atoms with Gasteiger partial charge in [0.25, 0.3) is 5.91 Å². The Morgan fingerprint density at radius 2 is 2.11 bits per heavy atom. The summed E-state index contributed by atoms with van der Waals surface area (Å²) in [4.78, 5) is 18.5. The number of thiazole rings is 1. The Labute approximate surface area is 166 Å². The van der Waals surface area contributed by atoms with Gasteiger partial charge in [0.1, 0.15) is 5.75 Å². The van der Waals surface area contributed by atoms with Crippen LogP contribution in [-0.4, -0.2) is 49.7 Å². The van der Waals surface area contributed by atoms with Crippen LogP contribution in [0.25, 0.3) is 0 Å². The number of halogens is 1. The van der Waals surface area contributed by atoms with Crippen molar-refractivity contribution in [3.63, 3.8) is 0 Å². The van der Waals surface area contributed by atoms with Crippen molar-refractivity contribution >= 4 is 38.9 Å². The van der Waals surface area contributed by atoms with E-state index < -0.39 is 15.9 Å². The standard InChI is InChI=1S/C17H20ClN3O4S2/c1-11-7-20(8-12-9-21(10-12)27(3,23)24)17(26-11)19-16(22)14-6-13(18)4-5-15(14)25-2/h4-7,12H,8-10H2,1-3H3. The molecule has 10 heteroatoms. The lowest BCUT2D eigenvalue weighted by Gasteiger charge is -2.37. The average molecular weight is 430 g/mol. The Kier molecular flexibility index (Phi) is 5.76. The number of rotatable bonds is 5. The van der Waals surface area contributed by atoms with Crippen molar-refractivity contribution < 1.29 is 17.9 Å². The Bertz CT molecular complexity index is 1040. The van der Waals surface area contributed by atoms with Crippen LogP contribution >= 0.6 is 22.9 Å². The fourth-order valence-electron chi connectivity index (χ4n) is 2.90. The molecule has 1 aliphatic rings. The summed E-state index contributed by atoms with van der Waals surface area (Å²) in [5, 5.41) is 0.430. The largest absolute Gasteiger partial charge is 0.496 e. The van der Waals surface area contributed by atoms with Crippen LogP contribution in [0, 0.1) is 12.8 Å². The zero-order chi connectivity index (χ0) is 19.8.